The molecule has 0 aliphatic heterocycles. The van der Waals surface area contributed by atoms with Crippen LogP contribution in [0.3, 0.4) is 0 Å². The molecule has 8 nitrogen and oxygen atoms in total. The minimum absolute atomic E-state index is 0.00451. The molecule has 5 rings (SSSR count). The van der Waals surface area contributed by atoms with E-state index in [1.165, 1.54) is 18.2 Å². The summed E-state index contributed by atoms with van der Waals surface area (Å²) in [7, 11) is 0. The first-order chi connectivity index (χ1) is 17.4. The van der Waals surface area contributed by atoms with Crippen molar-refractivity contribution in [2.45, 2.75) is 0 Å². The summed E-state index contributed by atoms with van der Waals surface area (Å²) >= 11 is 13.3. The predicted octanol–water partition coefficient (Wildman–Crippen LogP) is 6.91. The number of carbonyl (C=O) groups is 1. The van der Waals surface area contributed by atoms with Crippen molar-refractivity contribution in [2.75, 3.05) is 5.32 Å². The average Bonchev–Trinajstić information content (AvgIpc) is 3.52. The van der Waals surface area contributed by atoms with Crippen LogP contribution in [0.15, 0.2) is 83.3 Å². The van der Waals surface area contributed by atoms with Crippen molar-refractivity contribution < 1.29 is 14.1 Å². The number of nitro benzene ring substituents is 1. The van der Waals surface area contributed by atoms with Gasteiger partial charge >= 0.3 is 0 Å². The van der Waals surface area contributed by atoms with Gasteiger partial charge in [-0.1, -0.05) is 35.9 Å². The molecule has 0 atom stereocenters. The van der Waals surface area contributed by atoms with Crippen LogP contribution in [0.5, 0.6) is 0 Å². The van der Waals surface area contributed by atoms with Gasteiger partial charge in [-0.25, -0.2) is 4.98 Å². The van der Waals surface area contributed by atoms with Crippen molar-refractivity contribution in [1.82, 2.24) is 10.3 Å². The summed E-state index contributed by atoms with van der Waals surface area (Å²) in [5.41, 5.74) is 2.70. The number of non-ortho nitro benzene ring substituents is 1. The predicted molar refractivity (Wildman–Crippen MR) is 145 cm³/mol. The minimum Gasteiger partial charge on any atom is -0.451 e. The molecule has 36 heavy (non-hydrogen) atoms. The Morgan fingerprint density at radius 3 is 2.67 bits per heavy atom. The first kappa shape index (κ1) is 23.6. The number of benzene rings is 3. The second kappa shape index (κ2) is 9.86. The molecule has 11 heteroatoms. The fourth-order valence-corrected chi connectivity index (χ4v) is 5.01. The second-order valence-electron chi connectivity index (χ2n) is 7.56. The summed E-state index contributed by atoms with van der Waals surface area (Å²) in [5.74, 6) is -0.244. The lowest BCUT2D eigenvalue weighted by atomic mass is 10.1. The van der Waals surface area contributed by atoms with Gasteiger partial charge in [0.05, 0.1) is 20.2 Å². The van der Waals surface area contributed by atoms with E-state index in [1.807, 2.05) is 30.3 Å². The third-order valence-electron chi connectivity index (χ3n) is 5.15. The molecule has 178 valence electrons. The number of aromatic nitrogens is 1. The Morgan fingerprint density at radius 2 is 1.89 bits per heavy atom. The number of para-hydroxylation sites is 1. The fourth-order valence-electron chi connectivity index (χ4n) is 3.47. The first-order valence-corrected chi connectivity index (χ1v) is 12.1. The highest BCUT2D eigenvalue weighted by Gasteiger charge is 2.16. The molecule has 5 aromatic rings. The number of thiocarbonyl (C=S) groups is 1. The van der Waals surface area contributed by atoms with Gasteiger partial charge in [-0.15, -0.1) is 11.3 Å². The molecule has 2 heterocycles. The van der Waals surface area contributed by atoms with Crippen molar-refractivity contribution in [1.29, 1.82) is 0 Å². The molecule has 1 amide bonds. The summed E-state index contributed by atoms with van der Waals surface area (Å²) in [6.07, 6.45) is 0. The Morgan fingerprint density at radius 1 is 1.06 bits per heavy atom. The van der Waals surface area contributed by atoms with Gasteiger partial charge in [-0.2, -0.15) is 0 Å². The number of fused-ring (bicyclic) bond motifs is 1. The third kappa shape index (κ3) is 4.96. The van der Waals surface area contributed by atoms with Crippen LogP contribution in [0.4, 0.5) is 11.4 Å². The monoisotopic (exact) mass is 534 g/mol. The highest BCUT2D eigenvalue weighted by molar-refractivity contribution is 7.80. The van der Waals surface area contributed by atoms with E-state index in [2.05, 4.69) is 15.6 Å². The second-order valence-corrected chi connectivity index (χ2v) is 9.41. The molecular weight excluding hydrogens is 520 g/mol. The number of hydrogen-bond acceptors (Lipinski definition) is 7. The molecule has 0 aliphatic carbocycles. The van der Waals surface area contributed by atoms with E-state index in [4.69, 9.17) is 28.2 Å². The van der Waals surface area contributed by atoms with Gasteiger partial charge < -0.3 is 9.73 Å². The first-order valence-electron chi connectivity index (χ1n) is 10.5. The highest BCUT2D eigenvalue weighted by Crippen LogP contribution is 2.35. The van der Waals surface area contributed by atoms with Gasteiger partial charge in [0.25, 0.3) is 11.6 Å². The van der Waals surface area contributed by atoms with E-state index in [9.17, 15) is 14.9 Å². The zero-order chi connectivity index (χ0) is 25.2. The van der Waals surface area contributed by atoms with E-state index >= 15 is 0 Å². The van der Waals surface area contributed by atoms with Crippen molar-refractivity contribution in [3.05, 3.63) is 99.8 Å². The van der Waals surface area contributed by atoms with Crippen molar-refractivity contribution in [3.63, 3.8) is 0 Å². The van der Waals surface area contributed by atoms with Gasteiger partial charge in [0.1, 0.15) is 10.8 Å². The number of amides is 1. The van der Waals surface area contributed by atoms with Crippen LogP contribution in [0.1, 0.15) is 10.6 Å². The van der Waals surface area contributed by atoms with E-state index in [1.54, 1.807) is 41.7 Å². The summed E-state index contributed by atoms with van der Waals surface area (Å²) in [5, 5.41) is 17.8. The van der Waals surface area contributed by atoms with E-state index in [0.717, 1.165) is 20.8 Å². The molecule has 0 saturated heterocycles. The zero-order valence-electron chi connectivity index (χ0n) is 18.2. The van der Waals surface area contributed by atoms with Gasteiger partial charge in [-0.3, -0.25) is 20.2 Å². The van der Waals surface area contributed by atoms with Crippen LogP contribution in [0.25, 0.3) is 32.1 Å². The largest absolute Gasteiger partial charge is 0.451 e. The molecule has 0 aliphatic rings. The summed E-state index contributed by atoms with van der Waals surface area (Å²) in [4.78, 5) is 27.7. The number of anilines is 1. The molecule has 0 bridgehead atoms. The summed E-state index contributed by atoms with van der Waals surface area (Å²) in [6, 6.07) is 22.2. The number of nitro groups is 1. The Labute approximate surface area is 218 Å². The lowest BCUT2D eigenvalue weighted by molar-refractivity contribution is -0.384. The topological polar surface area (TPSA) is 110 Å². The third-order valence-corrected chi connectivity index (χ3v) is 6.74. The van der Waals surface area contributed by atoms with Gasteiger partial charge in [0, 0.05) is 28.9 Å². The maximum atomic E-state index is 12.6. The molecule has 0 fully saturated rings. The normalized spacial score (nSPS) is 10.8. The number of carbonyl (C=O) groups excluding carboxylic acids is 1. The molecule has 0 saturated carbocycles. The van der Waals surface area contributed by atoms with E-state index in [-0.39, 0.29) is 16.6 Å². The highest BCUT2D eigenvalue weighted by atomic mass is 35.5. The molecule has 0 radical (unpaired) electrons. The van der Waals surface area contributed by atoms with Crippen LogP contribution < -0.4 is 10.6 Å². The number of rotatable bonds is 5. The van der Waals surface area contributed by atoms with Crippen LogP contribution in [0.2, 0.25) is 5.02 Å². The lowest BCUT2D eigenvalue weighted by Crippen LogP contribution is -2.33. The molecule has 2 N–H and O–H groups in total. The van der Waals surface area contributed by atoms with Crippen LogP contribution in [0, 0.1) is 10.1 Å². The van der Waals surface area contributed by atoms with Gasteiger partial charge in [0.15, 0.2) is 10.9 Å². The Hall–Kier alpha value is -4.12. The molecule has 3 aromatic carbocycles. The average molecular weight is 535 g/mol. The quantitative estimate of drug-likeness (QED) is 0.143. The number of hydrogen-bond donors (Lipinski definition) is 2. The number of thiazole rings is 1. The summed E-state index contributed by atoms with van der Waals surface area (Å²) < 4.78 is 6.65. The SMILES string of the molecule is O=C(NC(=S)Nc1ccc(-c2nc3ccccc3s2)c(Cl)c1)c1ccc(-c2cccc([N+](=O)[O-])c2)o1. The molecular formula is C25H15ClN4O4S2. The Balaban J connectivity index is 1.25. The fraction of sp³-hybridized carbons (Fsp3) is 0. The van der Waals surface area contributed by atoms with Crippen molar-refractivity contribution in [2.24, 2.45) is 0 Å². The minimum atomic E-state index is -0.568. The van der Waals surface area contributed by atoms with Crippen LogP contribution >= 0.6 is 35.2 Å². The number of nitrogens with zero attached hydrogens (tertiary/aromatic N) is 2. The van der Waals surface area contributed by atoms with Crippen molar-refractivity contribution in [3.8, 4) is 21.9 Å². The number of nitrogens with one attached hydrogen (secondary N) is 2. The molecule has 0 spiro atoms. The lowest BCUT2D eigenvalue weighted by Gasteiger charge is -2.10. The number of halogens is 1. The van der Waals surface area contributed by atoms with Gasteiger partial charge in [0.2, 0.25) is 0 Å². The van der Waals surface area contributed by atoms with Gasteiger partial charge in [-0.05, 0) is 54.7 Å². The molecule has 0 unspecified atom stereocenters. The Bertz CT molecular complexity index is 1610. The number of furan rings is 1. The van der Waals surface area contributed by atoms with Crippen molar-refractivity contribution >= 4 is 67.8 Å². The van der Waals surface area contributed by atoms with Crippen LogP contribution in [-0.2, 0) is 0 Å². The van der Waals surface area contributed by atoms with E-state index < -0.39 is 10.8 Å². The van der Waals surface area contributed by atoms with E-state index in [0.29, 0.717) is 22.0 Å². The Kier molecular flexibility index (Phi) is 6.47. The maximum absolute atomic E-state index is 12.6. The standard InChI is InChI=1S/C25H15ClN4O4S2/c26-18-13-15(8-9-17(18)24-28-19-6-1-2-7-22(19)36-24)27-25(35)29-23(31)21-11-10-20(34-21)14-4-3-5-16(12-14)30(32)33/h1-13H,(H2,27,29,31,35). The van der Waals surface area contributed by atoms with Crippen LogP contribution in [-0.4, -0.2) is 20.9 Å². The molecule has 2 aromatic heterocycles. The smallest absolute Gasteiger partial charge is 0.293 e. The summed E-state index contributed by atoms with van der Waals surface area (Å²) in [6.45, 7) is 0. The maximum Gasteiger partial charge on any atom is 0.293 e. The zero-order valence-corrected chi connectivity index (χ0v) is 20.6.